The van der Waals surface area contributed by atoms with Crippen molar-refractivity contribution in [2.24, 2.45) is 5.92 Å². The van der Waals surface area contributed by atoms with Crippen LogP contribution in [-0.4, -0.2) is 24.4 Å². The van der Waals surface area contributed by atoms with E-state index in [4.69, 9.17) is 0 Å². The van der Waals surface area contributed by atoms with Crippen LogP contribution in [0.3, 0.4) is 0 Å². The number of Topliss-reactive ketones (excluding diaryl/α,β-unsaturated/α-hetero) is 1. The van der Waals surface area contributed by atoms with Crippen LogP contribution >= 0.6 is 0 Å². The van der Waals surface area contributed by atoms with Crippen molar-refractivity contribution in [3.05, 3.63) is 0 Å². The van der Waals surface area contributed by atoms with Crippen LogP contribution in [-0.2, 0) is 4.79 Å². The van der Waals surface area contributed by atoms with E-state index in [1.807, 2.05) is 6.92 Å². The van der Waals surface area contributed by atoms with Gasteiger partial charge in [0.1, 0.15) is 0 Å². The number of nitrogens with one attached hydrogen (secondary N) is 2. The van der Waals surface area contributed by atoms with E-state index in [-0.39, 0.29) is 17.9 Å². The van der Waals surface area contributed by atoms with E-state index in [1.165, 1.54) is 19.3 Å². The summed E-state index contributed by atoms with van der Waals surface area (Å²) in [6.07, 6.45) is 5.70. The molecule has 16 heavy (non-hydrogen) atoms. The summed E-state index contributed by atoms with van der Waals surface area (Å²) in [4.78, 5) is 23.0. The molecular weight excluding hydrogens is 204 g/mol. The molecule has 0 aliphatic heterocycles. The Hall–Kier alpha value is -1.06. The first-order valence-corrected chi connectivity index (χ1v) is 6.20. The Morgan fingerprint density at radius 3 is 2.38 bits per heavy atom. The molecule has 1 aliphatic rings. The maximum absolute atomic E-state index is 11.5. The molecule has 2 amide bonds. The number of urea groups is 1. The molecule has 1 unspecified atom stereocenters. The van der Waals surface area contributed by atoms with Gasteiger partial charge in [-0.1, -0.05) is 19.3 Å². The summed E-state index contributed by atoms with van der Waals surface area (Å²) >= 11 is 0. The molecule has 1 aliphatic carbocycles. The van der Waals surface area contributed by atoms with Gasteiger partial charge < -0.3 is 10.6 Å². The van der Waals surface area contributed by atoms with Crippen LogP contribution in [0.15, 0.2) is 0 Å². The van der Waals surface area contributed by atoms with Crippen molar-refractivity contribution >= 4 is 11.8 Å². The van der Waals surface area contributed by atoms with Crippen LogP contribution in [0, 0.1) is 5.92 Å². The first kappa shape index (κ1) is 13.0. The van der Waals surface area contributed by atoms with Gasteiger partial charge in [0.2, 0.25) is 0 Å². The van der Waals surface area contributed by atoms with Gasteiger partial charge in [-0.2, -0.15) is 0 Å². The van der Waals surface area contributed by atoms with Gasteiger partial charge in [0.25, 0.3) is 0 Å². The molecule has 0 bridgehead atoms. The van der Waals surface area contributed by atoms with Gasteiger partial charge in [-0.3, -0.25) is 4.79 Å². The summed E-state index contributed by atoms with van der Waals surface area (Å²) in [6.45, 7) is 4.01. The second kappa shape index (κ2) is 6.51. The molecule has 0 saturated heterocycles. The van der Waals surface area contributed by atoms with Gasteiger partial charge in [-0.05, 0) is 32.6 Å². The van der Waals surface area contributed by atoms with E-state index in [0.717, 1.165) is 12.8 Å². The number of ketones is 1. The average molecular weight is 226 g/mol. The lowest BCUT2D eigenvalue weighted by molar-refractivity contribution is -0.120. The van der Waals surface area contributed by atoms with Gasteiger partial charge in [0.05, 0.1) is 6.04 Å². The number of hydrogen-bond donors (Lipinski definition) is 2. The first-order chi connectivity index (χ1) is 7.65. The number of carbonyl (C=O) groups excluding carboxylic acids is 2. The molecule has 0 radical (unpaired) electrons. The fourth-order valence-electron chi connectivity index (χ4n) is 2.37. The number of amides is 2. The highest BCUT2D eigenvalue weighted by atomic mass is 16.2. The van der Waals surface area contributed by atoms with E-state index < -0.39 is 0 Å². The van der Waals surface area contributed by atoms with Gasteiger partial charge >= 0.3 is 6.03 Å². The van der Waals surface area contributed by atoms with Crippen LogP contribution < -0.4 is 10.6 Å². The Balaban J connectivity index is 2.52. The van der Waals surface area contributed by atoms with Crippen molar-refractivity contribution in [1.82, 2.24) is 10.6 Å². The Morgan fingerprint density at radius 1 is 1.25 bits per heavy atom. The standard InChI is InChI=1S/C12H22N2O2/c1-3-13-12(16)14-11(9(2)15)10-7-5-4-6-8-10/h10-11H,3-8H2,1-2H3,(H2,13,14,16). The molecule has 0 spiro atoms. The van der Waals surface area contributed by atoms with Crippen LogP contribution in [0.2, 0.25) is 0 Å². The molecule has 0 aromatic rings. The monoisotopic (exact) mass is 226 g/mol. The predicted octanol–water partition coefficient (Wildman–Crippen LogP) is 1.84. The summed E-state index contributed by atoms with van der Waals surface area (Å²) in [7, 11) is 0. The Bertz CT molecular complexity index is 245. The van der Waals surface area contributed by atoms with Gasteiger partial charge in [-0.15, -0.1) is 0 Å². The fourth-order valence-corrected chi connectivity index (χ4v) is 2.37. The van der Waals surface area contributed by atoms with Gasteiger partial charge in [-0.25, -0.2) is 4.79 Å². The highest BCUT2D eigenvalue weighted by molar-refractivity contribution is 5.87. The number of rotatable bonds is 4. The second-order valence-corrected chi connectivity index (χ2v) is 4.49. The maximum atomic E-state index is 11.5. The van der Waals surface area contributed by atoms with E-state index >= 15 is 0 Å². The summed E-state index contributed by atoms with van der Waals surface area (Å²) in [5, 5.41) is 5.46. The molecule has 1 atom stereocenters. The lowest BCUT2D eigenvalue weighted by Crippen LogP contribution is -2.49. The third kappa shape index (κ3) is 3.83. The van der Waals surface area contributed by atoms with Crippen molar-refractivity contribution in [3.8, 4) is 0 Å². The summed E-state index contributed by atoms with van der Waals surface area (Å²) in [5.41, 5.74) is 0. The number of hydrogen-bond acceptors (Lipinski definition) is 2. The zero-order valence-electron chi connectivity index (χ0n) is 10.2. The molecule has 0 aromatic heterocycles. The lowest BCUT2D eigenvalue weighted by Gasteiger charge is -2.29. The molecule has 92 valence electrons. The van der Waals surface area contributed by atoms with Crippen LogP contribution in [0.5, 0.6) is 0 Å². The third-order valence-electron chi connectivity index (χ3n) is 3.18. The van der Waals surface area contributed by atoms with Crippen molar-refractivity contribution in [1.29, 1.82) is 0 Å². The Labute approximate surface area is 97.2 Å². The predicted molar refractivity (Wildman–Crippen MR) is 63.3 cm³/mol. The van der Waals surface area contributed by atoms with E-state index in [1.54, 1.807) is 6.92 Å². The molecule has 0 aromatic carbocycles. The molecule has 4 nitrogen and oxygen atoms in total. The normalized spacial score (nSPS) is 18.9. The Morgan fingerprint density at radius 2 is 1.88 bits per heavy atom. The first-order valence-electron chi connectivity index (χ1n) is 6.20. The minimum Gasteiger partial charge on any atom is -0.338 e. The SMILES string of the molecule is CCNC(=O)NC(C(C)=O)C1CCCCC1. The molecule has 1 rings (SSSR count). The van der Waals surface area contributed by atoms with Crippen LogP contribution in [0.25, 0.3) is 0 Å². The van der Waals surface area contributed by atoms with Gasteiger partial charge in [0, 0.05) is 6.54 Å². The third-order valence-corrected chi connectivity index (χ3v) is 3.18. The molecule has 4 heteroatoms. The minimum absolute atomic E-state index is 0.0677. The smallest absolute Gasteiger partial charge is 0.315 e. The molecule has 0 heterocycles. The zero-order chi connectivity index (χ0) is 12.0. The zero-order valence-corrected chi connectivity index (χ0v) is 10.2. The second-order valence-electron chi connectivity index (χ2n) is 4.49. The van der Waals surface area contributed by atoms with Crippen molar-refractivity contribution in [2.45, 2.75) is 52.0 Å². The van der Waals surface area contributed by atoms with E-state index in [0.29, 0.717) is 12.5 Å². The van der Waals surface area contributed by atoms with Gasteiger partial charge in [0.15, 0.2) is 5.78 Å². The highest BCUT2D eigenvalue weighted by Crippen LogP contribution is 2.26. The summed E-state index contributed by atoms with van der Waals surface area (Å²) < 4.78 is 0. The Kier molecular flexibility index (Phi) is 5.29. The maximum Gasteiger partial charge on any atom is 0.315 e. The average Bonchev–Trinajstić information content (AvgIpc) is 2.27. The van der Waals surface area contributed by atoms with Crippen LogP contribution in [0.1, 0.15) is 46.0 Å². The van der Waals surface area contributed by atoms with Crippen molar-refractivity contribution in [2.75, 3.05) is 6.54 Å². The largest absolute Gasteiger partial charge is 0.338 e. The summed E-state index contributed by atoms with van der Waals surface area (Å²) in [6, 6.07) is -0.528. The molecule has 2 N–H and O–H groups in total. The topological polar surface area (TPSA) is 58.2 Å². The molecule has 1 saturated carbocycles. The molecule has 1 fully saturated rings. The highest BCUT2D eigenvalue weighted by Gasteiger charge is 2.28. The fraction of sp³-hybridized carbons (Fsp3) is 0.833. The van der Waals surface area contributed by atoms with Crippen LogP contribution in [0.4, 0.5) is 4.79 Å². The number of carbonyl (C=O) groups is 2. The molecular formula is C12H22N2O2. The van der Waals surface area contributed by atoms with E-state index in [2.05, 4.69) is 10.6 Å². The lowest BCUT2D eigenvalue weighted by atomic mass is 9.82. The van der Waals surface area contributed by atoms with Crippen molar-refractivity contribution in [3.63, 3.8) is 0 Å². The summed E-state index contributed by atoms with van der Waals surface area (Å²) in [5.74, 6) is 0.395. The minimum atomic E-state index is -0.299. The van der Waals surface area contributed by atoms with Crippen molar-refractivity contribution < 1.29 is 9.59 Å². The van der Waals surface area contributed by atoms with E-state index in [9.17, 15) is 9.59 Å². The quantitative estimate of drug-likeness (QED) is 0.768.